The number of aliphatic hydroxyl groups is 1. The molecular formula is C10H21NO3. The molecule has 4 nitrogen and oxygen atoms in total. The largest absolute Gasteiger partial charge is 0.469 e. The predicted octanol–water partition coefficient (Wildman–Crippen LogP) is 0.356. The summed E-state index contributed by atoms with van der Waals surface area (Å²) in [5.41, 5.74) is 0. The molecular weight excluding hydrogens is 182 g/mol. The van der Waals surface area contributed by atoms with Gasteiger partial charge in [-0.15, -0.1) is 0 Å². The molecule has 0 spiro atoms. The number of nitrogens with zero attached hydrogens (tertiary/aromatic N) is 1. The number of rotatable bonds is 6. The summed E-state index contributed by atoms with van der Waals surface area (Å²) in [6.45, 7) is 5.44. The van der Waals surface area contributed by atoms with Crippen LogP contribution in [0.2, 0.25) is 0 Å². The van der Waals surface area contributed by atoms with Gasteiger partial charge in [0.1, 0.15) is 0 Å². The highest BCUT2D eigenvalue weighted by molar-refractivity contribution is 5.71. The Morgan fingerprint density at radius 2 is 2.00 bits per heavy atom. The molecule has 0 aromatic carbocycles. The fraction of sp³-hybridized carbons (Fsp3) is 0.900. The molecule has 0 fully saturated rings. The van der Waals surface area contributed by atoms with E-state index in [-0.39, 0.29) is 24.4 Å². The average molecular weight is 203 g/mol. The molecule has 84 valence electrons. The monoisotopic (exact) mass is 203 g/mol. The summed E-state index contributed by atoms with van der Waals surface area (Å²) in [7, 11) is 3.33. The second kappa shape index (κ2) is 6.79. The summed E-state index contributed by atoms with van der Waals surface area (Å²) in [4.78, 5) is 13.1. The van der Waals surface area contributed by atoms with Gasteiger partial charge in [0.25, 0.3) is 0 Å². The molecule has 0 rings (SSSR count). The average Bonchev–Trinajstić information content (AvgIpc) is 2.15. The smallest absolute Gasteiger partial charge is 0.309 e. The minimum absolute atomic E-state index is 0.115. The van der Waals surface area contributed by atoms with Gasteiger partial charge in [-0.25, -0.2) is 0 Å². The topological polar surface area (TPSA) is 49.8 Å². The van der Waals surface area contributed by atoms with Crippen molar-refractivity contribution in [2.75, 3.05) is 33.9 Å². The fourth-order valence-corrected chi connectivity index (χ4v) is 1.41. The Hall–Kier alpha value is -0.610. The van der Waals surface area contributed by atoms with Gasteiger partial charge in [-0.2, -0.15) is 0 Å². The van der Waals surface area contributed by atoms with E-state index in [1.54, 1.807) is 0 Å². The van der Waals surface area contributed by atoms with Gasteiger partial charge in [0.2, 0.25) is 0 Å². The highest BCUT2D eigenvalue weighted by Crippen LogP contribution is 2.03. The number of esters is 1. The summed E-state index contributed by atoms with van der Waals surface area (Å²) in [6.07, 6.45) is 0. The van der Waals surface area contributed by atoms with Crippen LogP contribution in [0.4, 0.5) is 0 Å². The van der Waals surface area contributed by atoms with Crippen molar-refractivity contribution in [3.63, 3.8) is 0 Å². The normalized spacial score (nSPS) is 15.3. The summed E-state index contributed by atoms with van der Waals surface area (Å²) in [5.74, 6) is -0.0609. The van der Waals surface area contributed by atoms with Gasteiger partial charge in [0.05, 0.1) is 13.0 Å². The first-order valence-corrected chi connectivity index (χ1v) is 4.88. The molecule has 0 amide bonds. The molecule has 4 heteroatoms. The number of carbonyl (C=O) groups is 1. The lowest BCUT2D eigenvalue weighted by molar-refractivity contribution is -0.145. The zero-order valence-corrected chi connectivity index (χ0v) is 9.49. The van der Waals surface area contributed by atoms with Gasteiger partial charge in [-0.3, -0.25) is 4.79 Å². The van der Waals surface area contributed by atoms with Crippen molar-refractivity contribution in [1.29, 1.82) is 0 Å². The third-order valence-corrected chi connectivity index (χ3v) is 2.12. The Balaban J connectivity index is 3.81. The van der Waals surface area contributed by atoms with Crippen LogP contribution < -0.4 is 0 Å². The van der Waals surface area contributed by atoms with Gasteiger partial charge in [-0.1, -0.05) is 13.8 Å². The fourth-order valence-electron chi connectivity index (χ4n) is 1.41. The van der Waals surface area contributed by atoms with E-state index in [9.17, 15) is 4.79 Å². The Morgan fingerprint density at radius 1 is 1.43 bits per heavy atom. The van der Waals surface area contributed by atoms with Crippen LogP contribution in [0, 0.1) is 11.8 Å². The van der Waals surface area contributed by atoms with E-state index in [1.165, 1.54) is 7.11 Å². The van der Waals surface area contributed by atoms with Gasteiger partial charge < -0.3 is 14.7 Å². The number of carbonyl (C=O) groups excluding carboxylic acids is 1. The van der Waals surface area contributed by atoms with Crippen LogP contribution in [-0.4, -0.2) is 49.8 Å². The summed E-state index contributed by atoms with van der Waals surface area (Å²) >= 11 is 0. The molecule has 2 unspecified atom stereocenters. The van der Waals surface area contributed by atoms with Crippen LogP contribution in [0.3, 0.4) is 0 Å². The molecule has 0 heterocycles. The molecule has 0 aromatic heterocycles. The third kappa shape index (κ3) is 5.19. The number of hydrogen-bond acceptors (Lipinski definition) is 4. The first kappa shape index (κ1) is 13.4. The van der Waals surface area contributed by atoms with Gasteiger partial charge >= 0.3 is 5.97 Å². The standard InChI is InChI=1S/C10H21NO3/c1-8(7-12)5-11(3)6-9(2)10(13)14-4/h8-9,12H,5-7H2,1-4H3. The van der Waals surface area contributed by atoms with Crippen molar-refractivity contribution in [1.82, 2.24) is 4.90 Å². The molecule has 0 aromatic rings. The van der Waals surface area contributed by atoms with Gasteiger partial charge in [0, 0.05) is 19.7 Å². The summed E-state index contributed by atoms with van der Waals surface area (Å²) in [6, 6.07) is 0. The summed E-state index contributed by atoms with van der Waals surface area (Å²) < 4.78 is 4.63. The number of ether oxygens (including phenoxy) is 1. The van der Waals surface area contributed by atoms with Crippen LogP contribution in [-0.2, 0) is 9.53 Å². The molecule has 2 atom stereocenters. The van der Waals surface area contributed by atoms with E-state index in [0.29, 0.717) is 6.54 Å². The first-order chi connectivity index (χ1) is 6.51. The Bertz CT molecular complexity index is 173. The molecule has 0 saturated carbocycles. The quantitative estimate of drug-likeness (QED) is 0.633. The minimum atomic E-state index is -0.187. The summed E-state index contributed by atoms with van der Waals surface area (Å²) in [5, 5.41) is 8.85. The van der Waals surface area contributed by atoms with Crippen molar-refractivity contribution in [3.8, 4) is 0 Å². The van der Waals surface area contributed by atoms with E-state index in [1.807, 2.05) is 25.8 Å². The highest BCUT2D eigenvalue weighted by Gasteiger charge is 2.16. The lowest BCUT2D eigenvalue weighted by atomic mass is 10.1. The van der Waals surface area contributed by atoms with Crippen molar-refractivity contribution in [2.24, 2.45) is 11.8 Å². The lowest BCUT2D eigenvalue weighted by Crippen LogP contribution is -2.33. The van der Waals surface area contributed by atoms with Crippen LogP contribution >= 0.6 is 0 Å². The zero-order chi connectivity index (χ0) is 11.1. The van der Waals surface area contributed by atoms with Crippen LogP contribution in [0.5, 0.6) is 0 Å². The van der Waals surface area contributed by atoms with Crippen LogP contribution in [0.1, 0.15) is 13.8 Å². The Kier molecular flexibility index (Phi) is 6.49. The SMILES string of the molecule is COC(=O)C(C)CN(C)CC(C)CO. The highest BCUT2D eigenvalue weighted by atomic mass is 16.5. The zero-order valence-electron chi connectivity index (χ0n) is 9.49. The second-order valence-electron chi connectivity index (χ2n) is 3.93. The Morgan fingerprint density at radius 3 is 2.43 bits per heavy atom. The number of aliphatic hydroxyl groups excluding tert-OH is 1. The number of methoxy groups -OCH3 is 1. The van der Waals surface area contributed by atoms with Crippen LogP contribution in [0.25, 0.3) is 0 Å². The number of hydrogen-bond donors (Lipinski definition) is 1. The van der Waals surface area contributed by atoms with Crippen molar-refractivity contribution < 1.29 is 14.6 Å². The van der Waals surface area contributed by atoms with E-state index in [4.69, 9.17) is 5.11 Å². The molecule has 0 saturated heterocycles. The first-order valence-electron chi connectivity index (χ1n) is 4.88. The van der Waals surface area contributed by atoms with Crippen molar-refractivity contribution in [2.45, 2.75) is 13.8 Å². The van der Waals surface area contributed by atoms with E-state index >= 15 is 0 Å². The predicted molar refractivity (Wildman–Crippen MR) is 54.9 cm³/mol. The van der Waals surface area contributed by atoms with E-state index < -0.39 is 0 Å². The minimum Gasteiger partial charge on any atom is -0.469 e. The second-order valence-corrected chi connectivity index (χ2v) is 3.93. The Labute approximate surface area is 85.9 Å². The molecule has 0 aliphatic carbocycles. The molecule has 0 aliphatic heterocycles. The third-order valence-electron chi connectivity index (χ3n) is 2.12. The molecule has 0 radical (unpaired) electrons. The maximum Gasteiger partial charge on any atom is 0.309 e. The maximum absolute atomic E-state index is 11.1. The van der Waals surface area contributed by atoms with Gasteiger partial charge in [-0.05, 0) is 13.0 Å². The van der Waals surface area contributed by atoms with E-state index in [0.717, 1.165) is 6.54 Å². The molecule has 1 N–H and O–H groups in total. The van der Waals surface area contributed by atoms with Crippen molar-refractivity contribution >= 4 is 5.97 Å². The van der Waals surface area contributed by atoms with Crippen LogP contribution in [0.15, 0.2) is 0 Å². The van der Waals surface area contributed by atoms with E-state index in [2.05, 4.69) is 4.74 Å². The molecule has 0 bridgehead atoms. The van der Waals surface area contributed by atoms with Gasteiger partial charge in [0.15, 0.2) is 0 Å². The molecule has 0 aliphatic rings. The lowest BCUT2D eigenvalue weighted by Gasteiger charge is -2.22. The maximum atomic E-state index is 11.1. The molecule has 14 heavy (non-hydrogen) atoms. The van der Waals surface area contributed by atoms with Crippen molar-refractivity contribution in [3.05, 3.63) is 0 Å².